The summed E-state index contributed by atoms with van der Waals surface area (Å²) in [6.07, 6.45) is 3.07. The molecule has 7 nitrogen and oxygen atoms in total. The lowest BCUT2D eigenvalue weighted by Crippen LogP contribution is -2.46. The Bertz CT molecular complexity index is 514. The number of nitrogens with one attached hydrogen (secondary N) is 2. The standard InChI is InChI=1S/C15H26N6O.HI/c1-12-13(10-18-19-12)9-17-15(16-2)21-4-3-14(11-21)20-5-7-22-8-6-20;/h10,14H,3-9,11H2,1-2H3,(H,16,17)(H,18,19);1H. The van der Waals surface area contributed by atoms with Crippen molar-refractivity contribution in [2.45, 2.75) is 25.9 Å². The molecule has 0 amide bonds. The molecule has 3 heterocycles. The molecule has 1 aromatic heterocycles. The van der Waals surface area contributed by atoms with Crippen LogP contribution in [0.5, 0.6) is 0 Å². The molecule has 0 spiro atoms. The van der Waals surface area contributed by atoms with Gasteiger partial charge in [-0.1, -0.05) is 0 Å². The van der Waals surface area contributed by atoms with E-state index in [1.807, 2.05) is 20.2 Å². The zero-order valence-corrected chi connectivity index (χ0v) is 16.2. The zero-order chi connectivity index (χ0) is 15.4. The third kappa shape index (κ3) is 4.57. The Kier molecular flexibility index (Phi) is 7.09. The van der Waals surface area contributed by atoms with Gasteiger partial charge in [0.1, 0.15) is 0 Å². The molecule has 1 unspecified atom stereocenters. The van der Waals surface area contributed by atoms with Gasteiger partial charge in [0, 0.05) is 57.1 Å². The number of halogens is 1. The van der Waals surface area contributed by atoms with E-state index < -0.39 is 0 Å². The lowest BCUT2D eigenvalue weighted by Gasteiger charge is -2.32. The number of nitrogens with zero attached hydrogens (tertiary/aromatic N) is 4. The number of H-pyrrole nitrogens is 1. The maximum absolute atomic E-state index is 5.45. The Morgan fingerprint density at radius 3 is 2.87 bits per heavy atom. The van der Waals surface area contributed by atoms with Crippen LogP contribution in [0.3, 0.4) is 0 Å². The van der Waals surface area contributed by atoms with Crippen molar-refractivity contribution in [3.63, 3.8) is 0 Å². The van der Waals surface area contributed by atoms with E-state index in [4.69, 9.17) is 4.74 Å². The first kappa shape index (κ1) is 18.5. The highest BCUT2D eigenvalue weighted by atomic mass is 127. The van der Waals surface area contributed by atoms with E-state index in [-0.39, 0.29) is 24.0 Å². The summed E-state index contributed by atoms with van der Waals surface area (Å²) in [6, 6.07) is 0.623. The molecule has 2 fully saturated rings. The topological polar surface area (TPSA) is 68.8 Å². The molecule has 2 saturated heterocycles. The molecule has 0 saturated carbocycles. The maximum Gasteiger partial charge on any atom is 0.193 e. The minimum Gasteiger partial charge on any atom is -0.379 e. The summed E-state index contributed by atoms with van der Waals surface area (Å²) < 4.78 is 5.45. The second-order valence-electron chi connectivity index (χ2n) is 5.96. The van der Waals surface area contributed by atoms with Gasteiger partial charge in [0.2, 0.25) is 0 Å². The van der Waals surface area contributed by atoms with Gasteiger partial charge in [0.05, 0.1) is 19.4 Å². The average molecular weight is 434 g/mol. The molecule has 0 radical (unpaired) electrons. The molecule has 2 aliphatic heterocycles. The van der Waals surface area contributed by atoms with Crippen molar-refractivity contribution in [3.05, 3.63) is 17.5 Å². The molecule has 8 heteroatoms. The number of hydrogen-bond acceptors (Lipinski definition) is 4. The highest BCUT2D eigenvalue weighted by Gasteiger charge is 2.30. The van der Waals surface area contributed by atoms with Gasteiger partial charge in [-0.3, -0.25) is 15.0 Å². The van der Waals surface area contributed by atoms with E-state index >= 15 is 0 Å². The van der Waals surface area contributed by atoms with Gasteiger partial charge in [0.25, 0.3) is 0 Å². The molecule has 130 valence electrons. The summed E-state index contributed by atoms with van der Waals surface area (Å²) in [5.74, 6) is 0.983. The van der Waals surface area contributed by atoms with Crippen molar-refractivity contribution in [1.29, 1.82) is 0 Å². The first-order valence-corrected chi connectivity index (χ1v) is 8.04. The van der Waals surface area contributed by atoms with Crippen molar-refractivity contribution in [3.8, 4) is 0 Å². The largest absolute Gasteiger partial charge is 0.379 e. The molecule has 1 atom stereocenters. The van der Waals surface area contributed by atoms with Crippen molar-refractivity contribution in [2.24, 2.45) is 4.99 Å². The van der Waals surface area contributed by atoms with Crippen LogP contribution in [-0.2, 0) is 11.3 Å². The molecule has 0 aliphatic carbocycles. The maximum atomic E-state index is 5.45. The number of aromatic amines is 1. The van der Waals surface area contributed by atoms with Crippen LogP contribution in [0.15, 0.2) is 11.2 Å². The Hall–Kier alpha value is -0.870. The van der Waals surface area contributed by atoms with E-state index in [0.29, 0.717) is 6.04 Å². The minimum absolute atomic E-state index is 0. The highest BCUT2D eigenvalue weighted by molar-refractivity contribution is 14.0. The van der Waals surface area contributed by atoms with Gasteiger partial charge in [-0.25, -0.2) is 0 Å². The second kappa shape index (κ2) is 8.84. The summed E-state index contributed by atoms with van der Waals surface area (Å²) in [5, 5.41) is 10.5. The minimum atomic E-state index is 0. The fraction of sp³-hybridized carbons (Fsp3) is 0.733. The zero-order valence-electron chi connectivity index (χ0n) is 13.9. The summed E-state index contributed by atoms with van der Waals surface area (Å²) in [5.41, 5.74) is 2.29. The van der Waals surface area contributed by atoms with E-state index in [0.717, 1.165) is 57.6 Å². The van der Waals surface area contributed by atoms with Crippen LogP contribution in [-0.4, -0.2) is 78.4 Å². The van der Waals surface area contributed by atoms with E-state index in [1.165, 1.54) is 12.0 Å². The van der Waals surface area contributed by atoms with Crippen LogP contribution in [0, 0.1) is 6.92 Å². The van der Waals surface area contributed by atoms with Gasteiger partial charge >= 0.3 is 0 Å². The van der Waals surface area contributed by atoms with E-state index in [9.17, 15) is 0 Å². The molecular weight excluding hydrogens is 407 g/mol. The third-order valence-corrected chi connectivity index (χ3v) is 4.61. The van der Waals surface area contributed by atoms with Gasteiger partial charge in [-0.05, 0) is 13.3 Å². The number of likely N-dealkylation sites (tertiary alicyclic amines) is 1. The number of rotatable bonds is 3. The van der Waals surface area contributed by atoms with E-state index in [2.05, 4.69) is 30.3 Å². The van der Waals surface area contributed by atoms with Crippen molar-refractivity contribution >= 4 is 29.9 Å². The summed E-state index contributed by atoms with van der Waals surface area (Å²) in [6.45, 7) is 8.74. The smallest absolute Gasteiger partial charge is 0.193 e. The molecule has 1 aromatic rings. The molecular formula is C15H27IN6O. The monoisotopic (exact) mass is 434 g/mol. The van der Waals surface area contributed by atoms with E-state index in [1.54, 1.807) is 0 Å². The number of ether oxygens (including phenoxy) is 1. The highest BCUT2D eigenvalue weighted by Crippen LogP contribution is 2.17. The van der Waals surface area contributed by atoms with Gasteiger partial charge in [0.15, 0.2) is 5.96 Å². The Labute approximate surface area is 154 Å². The lowest BCUT2D eigenvalue weighted by atomic mass is 10.2. The van der Waals surface area contributed by atoms with Gasteiger partial charge in [-0.15, -0.1) is 24.0 Å². The van der Waals surface area contributed by atoms with Crippen LogP contribution in [0.4, 0.5) is 0 Å². The average Bonchev–Trinajstić information content (AvgIpc) is 3.19. The Balaban J connectivity index is 0.00000192. The predicted octanol–water partition coefficient (Wildman–Crippen LogP) is 0.818. The van der Waals surface area contributed by atoms with Gasteiger partial charge < -0.3 is 15.0 Å². The summed E-state index contributed by atoms with van der Waals surface area (Å²) in [4.78, 5) is 9.35. The molecule has 0 aromatic carbocycles. The number of aliphatic imine (C=N–C) groups is 1. The van der Waals surface area contributed by atoms with Crippen LogP contribution in [0.25, 0.3) is 0 Å². The first-order valence-electron chi connectivity index (χ1n) is 8.04. The molecule has 3 rings (SSSR count). The van der Waals surface area contributed by atoms with Crippen molar-refractivity contribution < 1.29 is 4.74 Å². The fourth-order valence-electron chi connectivity index (χ4n) is 3.24. The number of morpholine rings is 1. The lowest BCUT2D eigenvalue weighted by molar-refractivity contribution is 0.0195. The van der Waals surface area contributed by atoms with Crippen LogP contribution in [0.1, 0.15) is 17.7 Å². The number of hydrogen-bond donors (Lipinski definition) is 2. The number of guanidine groups is 1. The first-order chi connectivity index (χ1) is 10.8. The molecule has 23 heavy (non-hydrogen) atoms. The Morgan fingerprint density at radius 1 is 1.43 bits per heavy atom. The number of aromatic nitrogens is 2. The Morgan fingerprint density at radius 2 is 2.22 bits per heavy atom. The van der Waals surface area contributed by atoms with Crippen LogP contribution < -0.4 is 5.32 Å². The SMILES string of the molecule is CN=C(NCc1cn[nH]c1C)N1CCC(N2CCOCC2)C1.I. The van der Waals surface area contributed by atoms with Crippen molar-refractivity contribution in [2.75, 3.05) is 46.4 Å². The third-order valence-electron chi connectivity index (χ3n) is 4.61. The van der Waals surface area contributed by atoms with Crippen LogP contribution in [0.2, 0.25) is 0 Å². The molecule has 0 bridgehead atoms. The van der Waals surface area contributed by atoms with Gasteiger partial charge in [-0.2, -0.15) is 5.10 Å². The van der Waals surface area contributed by atoms with Crippen molar-refractivity contribution in [1.82, 2.24) is 25.3 Å². The summed E-state index contributed by atoms with van der Waals surface area (Å²) >= 11 is 0. The second-order valence-corrected chi connectivity index (χ2v) is 5.96. The summed E-state index contributed by atoms with van der Waals surface area (Å²) in [7, 11) is 1.85. The normalized spacial score (nSPS) is 23.0. The quantitative estimate of drug-likeness (QED) is 0.419. The predicted molar refractivity (Wildman–Crippen MR) is 101 cm³/mol. The fourth-order valence-corrected chi connectivity index (χ4v) is 3.24. The molecule has 2 N–H and O–H groups in total. The van der Waals surface area contributed by atoms with Crippen LogP contribution >= 0.6 is 24.0 Å². The number of aryl methyl sites for hydroxylation is 1. The molecule has 2 aliphatic rings.